The van der Waals surface area contributed by atoms with Crippen molar-refractivity contribution in [2.24, 2.45) is 0 Å². The summed E-state index contributed by atoms with van der Waals surface area (Å²) in [5.41, 5.74) is 6.73. The second-order valence-corrected chi connectivity index (χ2v) is 9.75. The number of hydrogen-bond donors (Lipinski definition) is 0. The van der Waals surface area contributed by atoms with Crippen LogP contribution in [0, 0.1) is 0 Å². The molecule has 0 N–H and O–H groups in total. The van der Waals surface area contributed by atoms with Gasteiger partial charge < -0.3 is 4.74 Å². The molecule has 2 aromatic carbocycles. The molecule has 0 saturated carbocycles. The summed E-state index contributed by atoms with van der Waals surface area (Å²) in [6, 6.07) is 15.7. The second-order valence-electron chi connectivity index (χ2n) is 9.75. The Morgan fingerprint density at radius 2 is 1.61 bits per heavy atom. The fourth-order valence-corrected chi connectivity index (χ4v) is 4.49. The maximum Gasteiger partial charge on any atom is 0.304 e. The van der Waals surface area contributed by atoms with Crippen LogP contribution in [-0.2, 0) is 17.8 Å². The molecule has 2 heterocycles. The van der Waals surface area contributed by atoms with Crippen molar-refractivity contribution in [1.29, 1.82) is 0 Å². The van der Waals surface area contributed by atoms with Gasteiger partial charge in [0.15, 0.2) is 0 Å². The van der Waals surface area contributed by atoms with E-state index < -0.39 is 0 Å². The summed E-state index contributed by atoms with van der Waals surface area (Å²) in [7, 11) is 0. The largest absolute Gasteiger partial charge is 0.367 e. The molecule has 1 aromatic heterocycles. The highest BCUT2D eigenvalue weighted by Crippen LogP contribution is 2.34. The maximum atomic E-state index is 5.94. The van der Waals surface area contributed by atoms with Crippen molar-refractivity contribution in [2.75, 3.05) is 6.61 Å². The summed E-state index contributed by atoms with van der Waals surface area (Å²) >= 11 is 0. The predicted molar refractivity (Wildman–Crippen MR) is 125 cm³/mol. The molecule has 3 aromatic rings. The molecule has 4 rings (SSSR count). The van der Waals surface area contributed by atoms with E-state index in [1.165, 1.54) is 27.9 Å². The quantitative estimate of drug-likeness (QED) is 0.471. The third-order valence-electron chi connectivity index (χ3n) is 6.33. The molecule has 0 unspecified atom stereocenters. The maximum absolute atomic E-state index is 5.94. The Hall–Kier alpha value is -2.46. The van der Waals surface area contributed by atoms with Crippen molar-refractivity contribution in [3.8, 4) is 5.69 Å². The van der Waals surface area contributed by atoms with Gasteiger partial charge >= 0.3 is 5.82 Å². The highest BCUT2D eigenvalue weighted by atomic mass is 16.5. The molecule has 0 amide bonds. The third-order valence-corrected chi connectivity index (χ3v) is 6.33. The monoisotopic (exact) mass is 418 g/mol. The first-order valence-corrected chi connectivity index (χ1v) is 11.6. The van der Waals surface area contributed by atoms with Gasteiger partial charge in [0, 0.05) is 11.5 Å². The average Bonchev–Trinajstić information content (AvgIpc) is 3.18. The molecule has 164 valence electrons. The summed E-state index contributed by atoms with van der Waals surface area (Å²) in [4.78, 5) is 0. The zero-order valence-corrected chi connectivity index (χ0v) is 19.8. The Bertz CT molecular complexity index is 1000. The minimum Gasteiger partial charge on any atom is -0.367 e. The van der Waals surface area contributed by atoms with Gasteiger partial charge in [-0.15, -0.1) is 0 Å². The molecule has 0 aliphatic carbocycles. The smallest absolute Gasteiger partial charge is 0.304 e. The molecule has 1 atom stereocenters. The van der Waals surface area contributed by atoms with Crippen LogP contribution in [0.1, 0.15) is 93.4 Å². The van der Waals surface area contributed by atoms with Crippen LogP contribution in [0.2, 0.25) is 0 Å². The summed E-state index contributed by atoms with van der Waals surface area (Å²) < 4.78 is 10.4. The highest BCUT2D eigenvalue weighted by Gasteiger charge is 2.32. The van der Waals surface area contributed by atoms with Crippen LogP contribution >= 0.6 is 0 Å². The molecule has 0 fully saturated rings. The van der Waals surface area contributed by atoms with Gasteiger partial charge in [-0.1, -0.05) is 88.7 Å². The third kappa shape index (κ3) is 4.45. The zero-order chi connectivity index (χ0) is 22.1. The van der Waals surface area contributed by atoms with Gasteiger partial charge in [0.05, 0.1) is 6.61 Å². The van der Waals surface area contributed by atoms with E-state index in [9.17, 15) is 0 Å². The molecule has 0 spiro atoms. The second kappa shape index (κ2) is 8.96. The molecule has 1 aliphatic heterocycles. The van der Waals surface area contributed by atoms with Crippen LogP contribution in [0.15, 0.2) is 48.8 Å². The number of ether oxygens (including phenoxy) is 1. The molecule has 0 saturated heterocycles. The van der Waals surface area contributed by atoms with Crippen molar-refractivity contribution in [2.45, 2.75) is 78.4 Å². The summed E-state index contributed by atoms with van der Waals surface area (Å²) in [5.74, 6) is 2.36. The van der Waals surface area contributed by atoms with Gasteiger partial charge in [0.2, 0.25) is 6.33 Å². The molecule has 0 bridgehead atoms. The van der Waals surface area contributed by atoms with E-state index in [-0.39, 0.29) is 6.04 Å². The Labute approximate surface area is 186 Å². The van der Waals surface area contributed by atoms with Crippen LogP contribution < -0.4 is 4.57 Å². The van der Waals surface area contributed by atoms with Gasteiger partial charge in [-0.2, -0.15) is 0 Å². The number of nitrogens with zero attached hydrogens (tertiary/aromatic N) is 3. The topological polar surface area (TPSA) is 30.9 Å². The number of rotatable bonds is 6. The van der Waals surface area contributed by atoms with E-state index in [0.29, 0.717) is 24.4 Å². The standard InChI is InChI=1S/C27H36N3O/c1-18(2)22-13-24(19(3)4)27(25(14-22)20(5)6)30-17-29-23(15-31-16-26(29)28-30)12-21-10-8-7-9-11-21/h7-11,13-14,17-20,23H,12,15-16H2,1-6H3/q+1/t23-/m0/s1. The lowest BCUT2D eigenvalue weighted by atomic mass is 9.87. The van der Waals surface area contributed by atoms with Crippen molar-refractivity contribution >= 4 is 0 Å². The van der Waals surface area contributed by atoms with Gasteiger partial charge in [-0.3, -0.25) is 0 Å². The SMILES string of the molecule is CC(C)c1cc(C(C)C)c(-n2c[n+]3c(n2)COC[C@@H]3Cc2ccccc2)c(C(C)C)c1. The van der Waals surface area contributed by atoms with Crippen LogP contribution in [0.5, 0.6) is 0 Å². The zero-order valence-electron chi connectivity index (χ0n) is 19.8. The van der Waals surface area contributed by atoms with Crippen molar-refractivity contribution < 1.29 is 9.30 Å². The Morgan fingerprint density at radius 1 is 0.968 bits per heavy atom. The van der Waals surface area contributed by atoms with E-state index in [1.54, 1.807) is 0 Å². The number of hydrogen-bond acceptors (Lipinski definition) is 2. The lowest BCUT2D eigenvalue weighted by Gasteiger charge is -2.20. The first-order valence-electron chi connectivity index (χ1n) is 11.6. The van der Waals surface area contributed by atoms with Gasteiger partial charge in [-0.25, -0.2) is 4.57 Å². The predicted octanol–water partition coefficient (Wildman–Crippen LogP) is 5.84. The van der Waals surface area contributed by atoms with E-state index in [1.807, 2.05) is 0 Å². The average molecular weight is 419 g/mol. The summed E-state index contributed by atoms with van der Waals surface area (Å²) in [6.07, 6.45) is 3.15. The fourth-order valence-electron chi connectivity index (χ4n) is 4.49. The molecular weight excluding hydrogens is 382 g/mol. The van der Waals surface area contributed by atoms with Crippen molar-refractivity contribution in [1.82, 2.24) is 9.78 Å². The molecule has 1 aliphatic rings. The minimum absolute atomic E-state index is 0.264. The Balaban J connectivity index is 1.81. The summed E-state index contributed by atoms with van der Waals surface area (Å²) in [5, 5.41) is 5.03. The number of fused-ring (bicyclic) bond motifs is 1. The first kappa shape index (κ1) is 21.8. The van der Waals surface area contributed by atoms with E-state index >= 15 is 0 Å². The van der Waals surface area contributed by atoms with Gasteiger partial charge in [0.25, 0.3) is 0 Å². The lowest BCUT2D eigenvalue weighted by Crippen LogP contribution is -2.48. The Kier molecular flexibility index (Phi) is 6.29. The van der Waals surface area contributed by atoms with Gasteiger partial charge in [0.1, 0.15) is 18.3 Å². The highest BCUT2D eigenvalue weighted by molar-refractivity contribution is 5.53. The normalized spacial score (nSPS) is 16.4. The lowest BCUT2D eigenvalue weighted by molar-refractivity contribution is -0.742. The molecular formula is C27H36N3O+. The molecule has 4 heteroatoms. The van der Waals surface area contributed by atoms with Crippen LogP contribution in [0.3, 0.4) is 0 Å². The molecule has 4 nitrogen and oxygen atoms in total. The number of benzene rings is 2. The van der Waals surface area contributed by atoms with Crippen LogP contribution in [0.4, 0.5) is 0 Å². The summed E-state index contributed by atoms with van der Waals surface area (Å²) in [6.45, 7) is 15.0. The first-order chi connectivity index (χ1) is 14.8. The van der Waals surface area contributed by atoms with Crippen molar-refractivity contribution in [3.05, 3.63) is 76.9 Å². The van der Waals surface area contributed by atoms with E-state index in [0.717, 1.165) is 18.9 Å². The van der Waals surface area contributed by atoms with Gasteiger partial charge in [-0.05, 0) is 40.0 Å². The number of aromatic nitrogens is 3. The van der Waals surface area contributed by atoms with Crippen LogP contribution in [0.25, 0.3) is 5.69 Å². The minimum atomic E-state index is 0.264. The molecule has 0 radical (unpaired) electrons. The fraction of sp³-hybridized carbons (Fsp3) is 0.481. The van der Waals surface area contributed by atoms with E-state index in [2.05, 4.69) is 99.6 Å². The Morgan fingerprint density at radius 3 is 2.19 bits per heavy atom. The van der Waals surface area contributed by atoms with Crippen LogP contribution in [-0.4, -0.2) is 16.4 Å². The van der Waals surface area contributed by atoms with Crippen molar-refractivity contribution in [3.63, 3.8) is 0 Å². The van der Waals surface area contributed by atoms with E-state index in [4.69, 9.17) is 9.84 Å². The molecule has 31 heavy (non-hydrogen) atoms.